The second-order valence-corrected chi connectivity index (χ2v) is 5.02. The van der Waals surface area contributed by atoms with Crippen LogP contribution >= 0.6 is 0 Å². The first-order chi connectivity index (χ1) is 14.9. The van der Waals surface area contributed by atoms with Gasteiger partial charge in [-0.15, -0.1) is 0 Å². The molecule has 1 aromatic heterocycles. The first-order valence-corrected chi connectivity index (χ1v) is 8.54. The number of nitrogens with one attached hydrogen (secondary N) is 3. The molecule has 0 unspecified atom stereocenters. The highest BCUT2D eigenvalue weighted by Gasteiger charge is 2.05. The minimum absolute atomic E-state index is 0.0255. The van der Waals surface area contributed by atoms with Crippen LogP contribution in [-0.2, 0) is 23.9 Å². The molecule has 2 heterocycles. The average Bonchev–Trinajstić information content (AvgIpc) is 2.96. The molecule has 0 spiro atoms. The highest BCUT2D eigenvalue weighted by molar-refractivity contribution is 5.79. The third-order valence-corrected chi connectivity index (χ3v) is 2.49. The zero-order valence-electron chi connectivity index (χ0n) is 17.0. The third kappa shape index (κ3) is 30.2. The van der Waals surface area contributed by atoms with Crippen LogP contribution in [0, 0.1) is 0 Å². The van der Waals surface area contributed by atoms with Crippen molar-refractivity contribution in [3.8, 4) is 0 Å². The summed E-state index contributed by atoms with van der Waals surface area (Å²) < 4.78 is 4.76. The van der Waals surface area contributed by atoms with Crippen LogP contribution in [0.15, 0.2) is 52.3 Å². The summed E-state index contributed by atoms with van der Waals surface area (Å²) in [7, 11) is 0. The summed E-state index contributed by atoms with van der Waals surface area (Å²) in [6, 6.07) is 0. The van der Waals surface area contributed by atoms with Crippen LogP contribution in [0.3, 0.4) is 0 Å². The van der Waals surface area contributed by atoms with Crippen molar-refractivity contribution in [1.82, 2.24) is 15.0 Å². The molecule has 1 aliphatic heterocycles. The fourth-order valence-corrected chi connectivity index (χ4v) is 1.21. The SMILES string of the molecule is C=CC(=O)O.C=CC(=O)O.C=CC(=O)O.O=C1CCCCCO1.O=c1[nH]c(=O)[nH]c(=O)[nH]1. The molecule has 0 aromatic carbocycles. The van der Waals surface area contributed by atoms with E-state index in [1.807, 2.05) is 0 Å². The van der Waals surface area contributed by atoms with Crippen molar-refractivity contribution in [2.75, 3.05) is 6.61 Å². The van der Waals surface area contributed by atoms with Crippen LogP contribution in [-0.4, -0.2) is 60.8 Å². The number of carboxylic acids is 3. The molecule has 32 heavy (non-hydrogen) atoms. The maximum Gasteiger partial charge on any atom is 0.330 e. The molecule has 0 saturated carbocycles. The fourth-order valence-electron chi connectivity index (χ4n) is 1.21. The number of carbonyl (C=O) groups is 4. The van der Waals surface area contributed by atoms with Gasteiger partial charge >= 0.3 is 40.9 Å². The Balaban J connectivity index is -0.000000339. The zero-order chi connectivity index (χ0) is 25.5. The molecule has 1 fully saturated rings. The normalized spacial score (nSPS) is 11.1. The van der Waals surface area contributed by atoms with Crippen LogP contribution in [0.25, 0.3) is 0 Å². The highest BCUT2D eigenvalue weighted by atomic mass is 16.5. The largest absolute Gasteiger partial charge is 0.478 e. The van der Waals surface area contributed by atoms with E-state index < -0.39 is 35.0 Å². The first kappa shape index (κ1) is 32.2. The molecule has 0 radical (unpaired) electrons. The number of aliphatic carboxylic acids is 3. The van der Waals surface area contributed by atoms with Crippen molar-refractivity contribution in [3.63, 3.8) is 0 Å². The fraction of sp³-hybridized carbons (Fsp3) is 0.278. The standard InChI is InChI=1S/C6H10O2.C3H3N3O3.3C3H4O2/c7-6-4-2-1-3-5-8-6;7-1-4-2(8)6-3(9)5-1;3*1-2-3(4)5/h1-5H2;(H3,4,5,6,7,8,9);3*2H,1H2,(H,4,5). The predicted molar refractivity (Wildman–Crippen MR) is 111 cm³/mol. The topological polar surface area (TPSA) is 237 Å². The molecule has 14 heteroatoms. The number of cyclic esters (lactones) is 1. The summed E-state index contributed by atoms with van der Waals surface area (Å²) in [5, 5.41) is 22.8. The van der Waals surface area contributed by atoms with Crippen molar-refractivity contribution >= 4 is 23.9 Å². The van der Waals surface area contributed by atoms with Gasteiger partial charge in [-0.25, -0.2) is 28.8 Å². The van der Waals surface area contributed by atoms with E-state index in [4.69, 9.17) is 20.1 Å². The number of carboxylic acid groups (broad SMARTS) is 3. The molecule has 0 bridgehead atoms. The average molecular weight is 459 g/mol. The van der Waals surface area contributed by atoms with Gasteiger partial charge in [-0.3, -0.25) is 19.7 Å². The summed E-state index contributed by atoms with van der Waals surface area (Å²) in [5.41, 5.74) is -2.41. The monoisotopic (exact) mass is 459 g/mol. The van der Waals surface area contributed by atoms with Crippen molar-refractivity contribution in [2.45, 2.75) is 25.7 Å². The number of aromatic nitrogens is 3. The second kappa shape index (κ2) is 21.2. The number of ether oxygens (including phenoxy) is 1. The van der Waals surface area contributed by atoms with Gasteiger partial charge in [0.05, 0.1) is 6.61 Å². The predicted octanol–water partition coefficient (Wildman–Crippen LogP) is -0.374. The molecular formula is C18H25N3O11. The van der Waals surface area contributed by atoms with E-state index in [2.05, 4.69) is 19.7 Å². The maximum atomic E-state index is 10.5. The summed E-state index contributed by atoms with van der Waals surface area (Å²) in [6.07, 6.45) is 6.33. The molecule has 1 aromatic rings. The summed E-state index contributed by atoms with van der Waals surface area (Å²) in [5.74, 6) is -2.97. The van der Waals surface area contributed by atoms with Gasteiger partial charge in [-0.1, -0.05) is 19.7 Å². The van der Waals surface area contributed by atoms with Crippen LogP contribution in [0.1, 0.15) is 25.7 Å². The van der Waals surface area contributed by atoms with Gasteiger partial charge in [0, 0.05) is 24.6 Å². The number of rotatable bonds is 3. The lowest BCUT2D eigenvalue weighted by Gasteiger charge is -1.93. The summed E-state index contributed by atoms with van der Waals surface area (Å²) >= 11 is 0. The highest BCUT2D eigenvalue weighted by Crippen LogP contribution is 2.06. The lowest BCUT2D eigenvalue weighted by Crippen LogP contribution is -2.34. The van der Waals surface area contributed by atoms with Crippen LogP contribution in [0.2, 0.25) is 0 Å². The number of H-pyrrole nitrogens is 3. The summed E-state index contributed by atoms with van der Waals surface area (Å²) in [6.45, 7) is 9.52. The Morgan fingerprint density at radius 2 is 1.00 bits per heavy atom. The van der Waals surface area contributed by atoms with Crippen LogP contribution < -0.4 is 17.1 Å². The Hall–Kier alpha value is -4.49. The van der Waals surface area contributed by atoms with Gasteiger partial charge in [0.15, 0.2) is 0 Å². The molecule has 1 aliphatic rings. The molecule has 0 amide bonds. The molecule has 14 nitrogen and oxygen atoms in total. The van der Waals surface area contributed by atoms with Gasteiger partial charge < -0.3 is 20.1 Å². The molecule has 178 valence electrons. The summed E-state index contributed by atoms with van der Waals surface area (Å²) in [4.78, 5) is 74.1. The quantitative estimate of drug-likeness (QED) is 0.252. The second-order valence-electron chi connectivity index (χ2n) is 5.02. The number of hydrogen-bond donors (Lipinski definition) is 6. The molecular weight excluding hydrogens is 434 g/mol. The Morgan fingerprint density at radius 1 is 0.688 bits per heavy atom. The minimum atomic E-state index is -0.981. The van der Waals surface area contributed by atoms with Gasteiger partial charge in [0.2, 0.25) is 0 Å². The number of aromatic amines is 3. The number of esters is 1. The Kier molecular flexibility index (Phi) is 21.3. The molecule has 2 rings (SSSR count). The van der Waals surface area contributed by atoms with Crippen LogP contribution in [0.4, 0.5) is 0 Å². The van der Waals surface area contributed by atoms with E-state index in [0.29, 0.717) is 13.0 Å². The smallest absolute Gasteiger partial charge is 0.330 e. The molecule has 1 saturated heterocycles. The van der Waals surface area contributed by atoms with Gasteiger partial charge in [0.25, 0.3) is 0 Å². The lowest BCUT2D eigenvalue weighted by molar-refractivity contribution is -0.142. The molecule has 0 atom stereocenters. The van der Waals surface area contributed by atoms with Gasteiger partial charge in [-0.2, -0.15) is 0 Å². The van der Waals surface area contributed by atoms with E-state index >= 15 is 0 Å². The third-order valence-electron chi connectivity index (χ3n) is 2.49. The van der Waals surface area contributed by atoms with Gasteiger partial charge in [0.1, 0.15) is 0 Å². The van der Waals surface area contributed by atoms with Crippen LogP contribution in [0.5, 0.6) is 0 Å². The van der Waals surface area contributed by atoms with Crippen molar-refractivity contribution in [2.24, 2.45) is 0 Å². The lowest BCUT2D eigenvalue weighted by atomic mass is 10.2. The van der Waals surface area contributed by atoms with E-state index in [-0.39, 0.29) is 5.97 Å². The van der Waals surface area contributed by atoms with Gasteiger partial charge in [-0.05, 0) is 19.3 Å². The molecule has 6 N–H and O–H groups in total. The number of hydrogen-bond acceptors (Lipinski definition) is 8. The minimum Gasteiger partial charge on any atom is -0.478 e. The maximum absolute atomic E-state index is 10.5. The molecule has 0 aliphatic carbocycles. The van der Waals surface area contributed by atoms with E-state index in [1.165, 1.54) is 0 Å². The van der Waals surface area contributed by atoms with Crippen molar-refractivity contribution < 1.29 is 39.2 Å². The Bertz CT molecular complexity index is 794. The zero-order valence-corrected chi connectivity index (χ0v) is 17.0. The first-order valence-electron chi connectivity index (χ1n) is 8.54. The van der Waals surface area contributed by atoms with E-state index in [1.54, 1.807) is 15.0 Å². The Morgan fingerprint density at radius 3 is 1.28 bits per heavy atom. The Labute approximate surface area is 180 Å². The van der Waals surface area contributed by atoms with E-state index in [0.717, 1.165) is 37.5 Å². The van der Waals surface area contributed by atoms with Crippen molar-refractivity contribution in [3.05, 3.63) is 69.4 Å². The number of carbonyl (C=O) groups excluding carboxylic acids is 1. The van der Waals surface area contributed by atoms with E-state index in [9.17, 15) is 33.6 Å². The van der Waals surface area contributed by atoms with Crippen molar-refractivity contribution in [1.29, 1.82) is 0 Å².